The molecule has 3 aliphatic rings. The van der Waals surface area contributed by atoms with Crippen molar-refractivity contribution in [2.45, 2.75) is 109 Å². The molecule has 178 valence electrons. The fraction of sp³-hybridized carbons (Fsp3) is 0.742. The smallest absolute Gasteiger partial charge is 0.0897 e. The minimum absolute atomic E-state index is 0.203. The van der Waals surface area contributed by atoms with Crippen LogP contribution in [0.2, 0.25) is 0 Å². The van der Waals surface area contributed by atoms with Crippen molar-refractivity contribution in [3.05, 3.63) is 48.0 Å². The van der Waals surface area contributed by atoms with Gasteiger partial charge in [-0.25, -0.2) is 0 Å². The Hall–Kier alpha value is -1.11. The van der Waals surface area contributed by atoms with Gasteiger partial charge in [0, 0.05) is 0 Å². The molecule has 0 N–H and O–H groups in total. The monoisotopic (exact) mass is 438 g/mol. The quantitative estimate of drug-likeness (QED) is 0.337. The highest BCUT2D eigenvalue weighted by Gasteiger charge is 2.34. The normalized spacial score (nSPS) is 33.7. The molecule has 0 aromatic heterocycles. The first-order valence-electron chi connectivity index (χ1n) is 14.0. The minimum Gasteiger partial charge on any atom is -0.251 e. The number of halogens is 1. The molecule has 3 saturated carbocycles. The van der Waals surface area contributed by atoms with Crippen LogP contribution in [0.4, 0.5) is 4.39 Å². The van der Waals surface area contributed by atoms with Crippen LogP contribution in [0.3, 0.4) is 0 Å². The van der Waals surface area contributed by atoms with E-state index in [0.29, 0.717) is 6.42 Å². The zero-order valence-electron chi connectivity index (χ0n) is 20.5. The van der Waals surface area contributed by atoms with Crippen LogP contribution < -0.4 is 0 Å². The Bertz CT molecular complexity index is 652. The summed E-state index contributed by atoms with van der Waals surface area (Å²) in [5.41, 5.74) is 2.82. The van der Waals surface area contributed by atoms with Crippen molar-refractivity contribution in [1.82, 2.24) is 0 Å². The maximum absolute atomic E-state index is 12.4. The Morgan fingerprint density at radius 3 is 1.72 bits per heavy atom. The first-order chi connectivity index (χ1) is 15.8. The molecule has 1 aromatic rings. The van der Waals surface area contributed by atoms with Gasteiger partial charge in [-0.05, 0) is 137 Å². The first-order valence-corrected chi connectivity index (χ1v) is 14.0. The third kappa shape index (κ3) is 6.48. The molecule has 0 radical (unpaired) electrons. The van der Waals surface area contributed by atoms with Crippen molar-refractivity contribution in [1.29, 1.82) is 0 Å². The van der Waals surface area contributed by atoms with Gasteiger partial charge >= 0.3 is 0 Å². The highest BCUT2D eigenvalue weighted by atomic mass is 19.1. The van der Waals surface area contributed by atoms with Crippen molar-refractivity contribution in [2.24, 2.45) is 29.6 Å². The third-order valence-electron chi connectivity index (χ3n) is 9.64. The number of aryl methyl sites for hydroxylation is 1. The van der Waals surface area contributed by atoms with E-state index < -0.39 is 0 Å². The lowest BCUT2D eigenvalue weighted by Gasteiger charge is -2.41. The Labute approximate surface area is 197 Å². The summed E-state index contributed by atoms with van der Waals surface area (Å²) in [6.07, 6.45) is 23.9. The molecule has 3 aliphatic carbocycles. The molecule has 32 heavy (non-hydrogen) atoms. The first kappa shape index (κ1) is 24.0. The molecular weight excluding hydrogens is 391 g/mol. The lowest BCUT2D eigenvalue weighted by Crippen LogP contribution is -2.29. The number of hydrogen-bond donors (Lipinski definition) is 0. The predicted octanol–water partition coefficient (Wildman–Crippen LogP) is 9.44. The number of hydrogen-bond acceptors (Lipinski definition) is 0. The Balaban J connectivity index is 1.16. The molecule has 0 unspecified atom stereocenters. The van der Waals surface area contributed by atoms with Gasteiger partial charge < -0.3 is 0 Å². The van der Waals surface area contributed by atoms with Crippen molar-refractivity contribution < 1.29 is 4.39 Å². The maximum Gasteiger partial charge on any atom is 0.0897 e. The summed E-state index contributed by atoms with van der Waals surface area (Å²) in [5.74, 6) is 5.83. The summed E-state index contributed by atoms with van der Waals surface area (Å²) in [6, 6.07) is 9.14. The predicted molar refractivity (Wildman–Crippen MR) is 136 cm³/mol. The second kappa shape index (κ2) is 12.4. The molecule has 1 aromatic carbocycles. The van der Waals surface area contributed by atoms with Crippen LogP contribution in [-0.4, -0.2) is 6.67 Å². The van der Waals surface area contributed by atoms with Gasteiger partial charge in [-0.2, -0.15) is 0 Å². The van der Waals surface area contributed by atoms with Gasteiger partial charge in [-0.3, -0.25) is 4.39 Å². The van der Waals surface area contributed by atoms with E-state index in [-0.39, 0.29) is 6.67 Å². The second-order valence-corrected chi connectivity index (χ2v) is 11.5. The van der Waals surface area contributed by atoms with Gasteiger partial charge in [0.15, 0.2) is 0 Å². The van der Waals surface area contributed by atoms with E-state index in [4.69, 9.17) is 0 Å². The van der Waals surface area contributed by atoms with E-state index in [2.05, 4.69) is 36.9 Å². The molecule has 0 spiro atoms. The molecule has 0 bridgehead atoms. The van der Waals surface area contributed by atoms with Crippen molar-refractivity contribution in [3.63, 3.8) is 0 Å². The number of allylic oxidation sites excluding steroid dienone is 1. The molecule has 0 atom stereocenters. The van der Waals surface area contributed by atoms with Crippen LogP contribution in [0.1, 0.15) is 113 Å². The van der Waals surface area contributed by atoms with Gasteiger partial charge in [0.2, 0.25) is 0 Å². The van der Waals surface area contributed by atoms with Crippen LogP contribution in [0.15, 0.2) is 36.9 Å². The van der Waals surface area contributed by atoms with E-state index >= 15 is 0 Å². The van der Waals surface area contributed by atoms with Gasteiger partial charge in [-0.1, -0.05) is 43.2 Å². The lowest BCUT2D eigenvalue weighted by atomic mass is 9.64. The molecular formula is C31H47F. The Morgan fingerprint density at radius 2 is 1.22 bits per heavy atom. The van der Waals surface area contributed by atoms with Crippen LogP contribution in [0.5, 0.6) is 0 Å². The third-order valence-corrected chi connectivity index (χ3v) is 9.64. The topological polar surface area (TPSA) is 0 Å². The maximum atomic E-state index is 12.4. The molecule has 0 saturated heterocycles. The number of rotatable bonds is 9. The van der Waals surface area contributed by atoms with Crippen LogP contribution in [0, 0.1) is 29.6 Å². The van der Waals surface area contributed by atoms with Crippen LogP contribution in [-0.2, 0) is 6.42 Å². The highest BCUT2D eigenvalue weighted by Crippen LogP contribution is 2.47. The van der Waals surface area contributed by atoms with E-state index in [0.717, 1.165) is 41.9 Å². The summed E-state index contributed by atoms with van der Waals surface area (Å²) in [4.78, 5) is 0. The Kier molecular flexibility index (Phi) is 9.30. The van der Waals surface area contributed by atoms with Gasteiger partial charge in [0.05, 0.1) is 6.67 Å². The molecule has 0 amide bonds. The summed E-state index contributed by atoms with van der Waals surface area (Å²) in [7, 11) is 0. The average Bonchev–Trinajstić information content (AvgIpc) is 2.87. The zero-order valence-corrected chi connectivity index (χ0v) is 20.5. The highest BCUT2D eigenvalue weighted by molar-refractivity contribution is 5.26. The SMILES string of the molecule is C=CCC[C@H]1CC[C@H]([C@H]2CC[C@H]([C@H]3CC[C@H](c4ccc(CCCF)cc4)CC3)CC2)CC1. The molecule has 3 fully saturated rings. The number of alkyl halides is 1. The zero-order chi connectivity index (χ0) is 22.2. The van der Waals surface area contributed by atoms with Gasteiger partial charge in [0.25, 0.3) is 0 Å². The van der Waals surface area contributed by atoms with E-state index in [1.807, 2.05) is 0 Å². The second-order valence-electron chi connectivity index (χ2n) is 11.5. The summed E-state index contributed by atoms with van der Waals surface area (Å²) in [5, 5.41) is 0. The standard InChI is InChI=1S/C31H47F/c1-2-3-5-24-7-11-26(12-8-24)28-15-19-30(20-16-28)31-21-17-29(18-22-31)27-13-9-25(10-14-27)6-4-23-32/h2,9-10,13-14,24,26,28-31H,1,3-8,11-12,15-23H2/t24-,26-,28-,29-,30-,31-. The van der Waals surface area contributed by atoms with Gasteiger partial charge in [-0.15, -0.1) is 6.58 Å². The molecule has 4 rings (SSSR count). The van der Waals surface area contributed by atoms with Crippen molar-refractivity contribution in [3.8, 4) is 0 Å². The van der Waals surface area contributed by atoms with Crippen molar-refractivity contribution in [2.75, 3.05) is 6.67 Å². The molecule has 0 heterocycles. The molecule has 0 nitrogen and oxygen atoms in total. The van der Waals surface area contributed by atoms with Crippen molar-refractivity contribution >= 4 is 0 Å². The van der Waals surface area contributed by atoms with Gasteiger partial charge in [0.1, 0.15) is 0 Å². The molecule has 0 aliphatic heterocycles. The van der Waals surface area contributed by atoms with Crippen LogP contribution in [0.25, 0.3) is 0 Å². The van der Waals surface area contributed by atoms with E-state index in [9.17, 15) is 4.39 Å². The average molecular weight is 439 g/mol. The minimum atomic E-state index is -0.203. The largest absolute Gasteiger partial charge is 0.251 e. The lowest BCUT2D eigenvalue weighted by molar-refractivity contribution is 0.109. The summed E-state index contributed by atoms with van der Waals surface area (Å²) < 4.78 is 12.4. The fourth-order valence-electron chi connectivity index (χ4n) is 7.54. The summed E-state index contributed by atoms with van der Waals surface area (Å²) in [6.45, 7) is 3.70. The van der Waals surface area contributed by atoms with E-state index in [1.54, 1.807) is 0 Å². The molecule has 1 heteroatoms. The number of benzene rings is 1. The summed E-state index contributed by atoms with van der Waals surface area (Å²) >= 11 is 0. The fourth-order valence-corrected chi connectivity index (χ4v) is 7.54. The van der Waals surface area contributed by atoms with Crippen LogP contribution >= 0.6 is 0 Å². The van der Waals surface area contributed by atoms with E-state index in [1.165, 1.54) is 101 Å². The Morgan fingerprint density at radius 1 is 0.719 bits per heavy atom.